The van der Waals surface area contributed by atoms with Crippen LogP contribution in [-0.4, -0.2) is 47.5 Å². The quantitative estimate of drug-likeness (QED) is 0.671. The predicted octanol–water partition coefficient (Wildman–Crippen LogP) is 3.44. The van der Waals surface area contributed by atoms with Crippen LogP contribution in [0.15, 0.2) is 54.6 Å². The number of rotatable bonds is 5. The highest BCUT2D eigenvalue weighted by Crippen LogP contribution is 2.26. The summed E-state index contributed by atoms with van der Waals surface area (Å²) < 4.78 is 26.8. The van der Waals surface area contributed by atoms with Gasteiger partial charge in [0.25, 0.3) is 0 Å². The molecule has 0 aliphatic carbocycles. The number of hydrogen-bond acceptors (Lipinski definition) is 5. The Hall–Kier alpha value is -3.55. The zero-order chi connectivity index (χ0) is 20.2. The summed E-state index contributed by atoms with van der Waals surface area (Å²) in [7, 11) is 0. The second-order valence-electron chi connectivity index (χ2n) is 6.68. The van der Waals surface area contributed by atoms with Gasteiger partial charge in [-0.25, -0.2) is 18.7 Å². The van der Waals surface area contributed by atoms with Crippen molar-refractivity contribution in [2.24, 2.45) is 0 Å². The molecule has 6 nitrogen and oxygen atoms in total. The average Bonchev–Trinajstić information content (AvgIpc) is 2.77. The van der Waals surface area contributed by atoms with Gasteiger partial charge in [0.2, 0.25) is 6.41 Å². The average molecular weight is 395 g/mol. The van der Waals surface area contributed by atoms with E-state index < -0.39 is 11.6 Å². The Balaban J connectivity index is 1.68. The third-order valence-corrected chi connectivity index (χ3v) is 4.72. The number of hydrogen-bond donors (Lipinski definition) is 1. The van der Waals surface area contributed by atoms with Crippen molar-refractivity contribution in [2.45, 2.75) is 0 Å². The normalized spacial score (nSPS) is 14.0. The third-order valence-electron chi connectivity index (χ3n) is 4.72. The molecule has 1 aliphatic rings. The lowest BCUT2D eigenvalue weighted by atomic mass is 10.2. The van der Waals surface area contributed by atoms with Gasteiger partial charge in [-0.15, -0.1) is 0 Å². The van der Waals surface area contributed by atoms with Crippen LogP contribution >= 0.6 is 0 Å². The topological polar surface area (TPSA) is 61.4 Å². The van der Waals surface area contributed by atoms with Crippen LogP contribution in [0, 0.1) is 11.6 Å². The summed E-state index contributed by atoms with van der Waals surface area (Å²) in [6.45, 7) is 2.52. The van der Waals surface area contributed by atoms with Crippen molar-refractivity contribution in [1.29, 1.82) is 0 Å². The first-order valence-electron chi connectivity index (χ1n) is 9.23. The molecule has 2 aromatic carbocycles. The largest absolute Gasteiger partial charge is 0.353 e. The summed E-state index contributed by atoms with van der Waals surface area (Å²) in [6, 6.07) is 14.9. The highest BCUT2D eigenvalue weighted by molar-refractivity contribution is 5.65. The smallest absolute Gasteiger partial charge is 0.209 e. The molecule has 1 aliphatic heterocycles. The summed E-state index contributed by atoms with van der Waals surface area (Å²) in [5.41, 5.74) is 1.23. The Morgan fingerprint density at radius 1 is 0.897 bits per heavy atom. The standard InChI is InChI=1S/C21H19F2N5O/c22-17-7-6-16(12-18(17)23)24-19-13-20(28-10-8-27(14-29)9-11-28)26-21(25-19)15-4-2-1-3-5-15/h1-7,12-14H,8-11H2,(H,24,25,26). The molecule has 0 saturated carbocycles. The zero-order valence-electron chi connectivity index (χ0n) is 15.6. The number of carbonyl (C=O) groups is 1. The predicted molar refractivity (Wildman–Crippen MR) is 107 cm³/mol. The molecule has 0 bridgehead atoms. The molecule has 1 N–H and O–H groups in total. The monoisotopic (exact) mass is 395 g/mol. The molecular weight excluding hydrogens is 376 g/mol. The Morgan fingerprint density at radius 2 is 1.66 bits per heavy atom. The maximum absolute atomic E-state index is 13.6. The van der Waals surface area contributed by atoms with Gasteiger partial charge in [0.1, 0.15) is 11.6 Å². The molecular formula is C21H19F2N5O. The third kappa shape index (κ3) is 4.31. The van der Waals surface area contributed by atoms with Crippen molar-refractivity contribution >= 4 is 23.7 Å². The number of nitrogens with zero attached hydrogens (tertiary/aromatic N) is 4. The molecule has 0 atom stereocenters. The number of nitrogens with one attached hydrogen (secondary N) is 1. The fraction of sp³-hybridized carbons (Fsp3) is 0.190. The number of amides is 1. The van der Waals surface area contributed by atoms with Gasteiger partial charge in [0.05, 0.1) is 0 Å². The van der Waals surface area contributed by atoms with Crippen LogP contribution in [0.4, 0.5) is 26.1 Å². The Labute approximate surface area is 166 Å². The van der Waals surface area contributed by atoms with Crippen LogP contribution in [0.2, 0.25) is 0 Å². The van der Waals surface area contributed by atoms with E-state index in [1.807, 2.05) is 30.3 Å². The molecule has 0 radical (unpaired) electrons. The van der Waals surface area contributed by atoms with Crippen molar-refractivity contribution in [1.82, 2.24) is 14.9 Å². The Kier molecular flexibility index (Phi) is 5.33. The zero-order valence-corrected chi connectivity index (χ0v) is 15.6. The number of benzene rings is 2. The van der Waals surface area contributed by atoms with Crippen molar-refractivity contribution in [3.8, 4) is 11.4 Å². The van der Waals surface area contributed by atoms with Gasteiger partial charge in [-0.3, -0.25) is 4.79 Å². The Morgan fingerprint density at radius 3 is 2.34 bits per heavy atom. The first-order chi connectivity index (χ1) is 14.1. The number of carbonyl (C=O) groups excluding carboxylic acids is 1. The highest BCUT2D eigenvalue weighted by atomic mass is 19.2. The van der Waals surface area contributed by atoms with Gasteiger partial charge in [-0.1, -0.05) is 30.3 Å². The van der Waals surface area contributed by atoms with E-state index in [4.69, 9.17) is 0 Å². The van der Waals surface area contributed by atoms with Crippen LogP contribution in [-0.2, 0) is 4.79 Å². The van der Waals surface area contributed by atoms with Gasteiger partial charge >= 0.3 is 0 Å². The van der Waals surface area contributed by atoms with Crippen molar-refractivity contribution in [2.75, 3.05) is 36.4 Å². The number of aromatic nitrogens is 2. The second-order valence-corrected chi connectivity index (χ2v) is 6.68. The number of halogens is 2. The maximum atomic E-state index is 13.6. The summed E-state index contributed by atoms with van der Waals surface area (Å²) in [5.74, 6) is -0.146. The summed E-state index contributed by atoms with van der Waals surface area (Å²) in [4.78, 5) is 24.0. The van der Waals surface area contributed by atoms with Crippen molar-refractivity contribution in [3.05, 3.63) is 66.2 Å². The fourth-order valence-electron chi connectivity index (χ4n) is 3.15. The number of anilines is 3. The minimum atomic E-state index is -0.933. The van der Waals surface area contributed by atoms with Crippen LogP contribution in [0.3, 0.4) is 0 Å². The first-order valence-corrected chi connectivity index (χ1v) is 9.23. The van der Waals surface area contributed by atoms with E-state index in [1.165, 1.54) is 6.07 Å². The molecule has 1 amide bonds. The van der Waals surface area contributed by atoms with E-state index in [1.54, 1.807) is 11.0 Å². The van der Waals surface area contributed by atoms with Crippen LogP contribution in [0.1, 0.15) is 0 Å². The van der Waals surface area contributed by atoms with Crippen molar-refractivity contribution < 1.29 is 13.6 Å². The fourth-order valence-corrected chi connectivity index (χ4v) is 3.15. The van der Waals surface area contributed by atoms with Crippen molar-refractivity contribution in [3.63, 3.8) is 0 Å². The molecule has 29 heavy (non-hydrogen) atoms. The van der Waals surface area contributed by atoms with Gasteiger partial charge in [-0.2, -0.15) is 0 Å². The minimum Gasteiger partial charge on any atom is -0.353 e. The van der Waals surface area contributed by atoms with Gasteiger partial charge in [0, 0.05) is 49.6 Å². The van der Waals surface area contributed by atoms with Crippen LogP contribution < -0.4 is 10.2 Å². The summed E-state index contributed by atoms with van der Waals surface area (Å²) >= 11 is 0. The molecule has 0 unspecified atom stereocenters. The molecule has 4 rings (SSSR count). The van der Waals surface area contributed by atoms with Crippen LogP contribution in [0.5, 0.6) is 0 Å². The van der Waals surface area contributed by atoms with Gasteiger partial charge < -0.3 is 15.1 Å². The first kappa shape index (κ1) is 18.8. The van der Waals surface area contributed by atoms with E-state index in [0.717, 1.165) is 24.1 Å². The molecule has 0 spiro atoms. The lowest BCUT2D eigenvalue weighted by molar-refractivity contribution is -0.118. The summed E-state index contributed by atoms with van der Waals surface area (Å²) in [5, 5.41) is 3.03. The highest BCUT2D eigenvalue weighted by Gasteiger charge is 2.19. The molecule has 8 heteroatoms. The molecule has 3 aromatic rings. The van der Waals surface area contributed by atoms with E-state index in [-0.39, 0.29) is 0 Å². The van der Waals surface area contributed by atoms with E-state index >= 15 is 0 Å². The molecule has 2 heterocycles. The lowest BCUT2D eigenvalue weighted by Crippen LogP contribution is -2.46. The molecule has 1 fully saturated rings. The second kappa shape index (κ2) is 8.22. The molecule has 148 valence electrons. The van der Waals surface area contributed by atoms with E-state index in [0.29, 0.717) is 49.3 Å². The molecule has 1 saturated heterocycles. The van der Waals surface area contributed by atoms with E-state index in [9.17, 15) is 13.6 Å². The number of piperazine rings is 1. The minimum absolute atomic E-state index is 0.387. The SMILES string of the molecule is O=CN1CCN(c2cc(Nc3ccc(F)c(F)c3)nc(-c3ccccc3)n2)CC1. The maximum Gasteiger partial charge on any atom is 0.209 e. The van der Waals surface area contributed by atoms with Gasteiger partial charge in [-0.05, 0) is 12.1 Å². The van der Waals surface area contributed by atoms with E-state index in [2.05, 4.69) is 20.2 Å². The molecule has 1 aromatic heterocycles. The lowest BCUT2D eigenvalue weighted by Gasteiger charge is -2.33. The Bertz CT molecular complexity index is 1010. The van der Waals surface area contributed by atoms with Crippen LogP contribution in [0.25, 0.3) is 11.4 Å². The summed E-state index contributed by atoms with van der Waals surface area (Å²) in [6.07, 6.45) is 0.850. The van der Waals surface area contributed by atoms with Gasteiger partial charge in [0.15, 0.2) is 17.5 Å².